The summed E-state index contributed by atoms with van der Waals surface area (Å²) in [4.78, 5) is 38.1. The Labute approximate surface area is 217 Å². The number of carbonyl (C=O) groups excluding carboxylic acids is 2. The molecule has 1 aliphatic heterocycles. The molecular weight excluding hydrogens is 462 g/mol. The van der Waals surface area contributed by atoms with E-state index in [1.165, 1.54) is 0 Å². The molecule has 1 unspecified atom stereocenters. The largest absolute Gasteiger partial charge is 0.361 e. The van der Waals surface area contributed by atoms with Gasteiger partial charge in [-0.05, 0) is 41.3 Å². The van der Waals surface area contributed by atoms with E-state index in [-0.39, 0.29) is 17.9 Å². The molecule has 7 heteroatoms. The summed E-state index contributed by atoms with van der Waals surface area (Å²) in [5, 5.41) is 4.14. The zero-order valence-electron chi connectivity index (χ0n) is 21.0. The monoisotopic (exact) mass is 495 g/mol. The average molecular weight is 496 g/mol. The van der Waals surface area contributed by atoms with Crippen molar-refractivity contribution in [2.75, 3.05) is 26.2 Å². The van der Waals surface area contributed by atoms with E-state index in [1.807, 2.05) is 65.7 Å². The fourth-order valence-electron chi connectivity index (χ4n) is 5.16. The molecule has 0 spiro atoms. The Balaban J connectivity index is 1.34. The summed E-state index contributed by atoms with van der Waals surface area (Å²) < 4.78 is 0. The number of rotatable bonds is 5. The van der Waals surface area contributed by atoms with Gasteiger partial charge in [0.15, 0.2) is 0 Å². The molecule has 0 bridgehead atoms. The van der Waals surface area contributed by atoms with Gasteiger partial charge < -0.3 is 15.2 Å². The van der Waals surface area contributed by atoms with Crippen molar-refractivity contribution in [1.82, 2.24) is 25.1 Å². The molecule has 1 aliphatic rings. The number of aromatic amines is 1. The van der Waals surface area contributed by atoms with E-state index >= 15 is 0 Å². The summed E-state index contributed by atoms with van der Waals surface area (Å²) in [6.07, 6.45) is 7.07. The molecule has 2 amide bonds. The highest BCUT2D eigenvalue weighted by molar-refractivity contribution is 5.89. The van der Waals surface area contributed by atoms with Crippen molar-refractivity contribution >= 4 is 22.7 Å². The Hall–Kier alpha value is -3.97. The van der Waals surface area contributed by atoms with Gasteiger partial charge in [-0.3, -0.25) is 19.5 Å². The molecule has 1 saturated heterocycles. The number of para-hydroxylation sites is 1. The molecule has 5 rings (SSSR count). The third-order valence-corrected chi connectivity index (χ3v) is 7.09. The number of H-pyrrole nitrogens is 1. The number of nitrogens with zero attached hydrogens (tertiary/aromatic N) is 3. The standard InChI is InChI=1S/C30H33N5O2/c36-29-20-28(24-7-2-1-3-8-24)35(22-23-11-13-31-14-12-23)17-6-16-34(18-15-32-29)30(37)19-25-21-33-27-10-5-4-9-26(25)27/h1-5,7-14,21,28,33H,6,15-20,22H2,(H,32,36). The molecule has 190 valence electrons. The third-order valence-electron chi connectivity index (χ3n) is 7.09. The van der Waals surface area contributed by atoms with Crippen LogP contribution in [0.15, 0.2) is 85.3 Å². The second kappa shape index (κ2) is 11.8. The van der Waals surface area contributed by atoms with Crippen LogP contribution in [0.4, 0.5) is 0 Å². The summed E-state index contributed by atoms with van der Waals surface area (Å²) in [5.74, 6) is 0.0815. The van der Waals surface area contributed by atoms with Gasteiger partial charge in [-0.2, -0.15) is 0 Å². The second-order valence-corrected chi connectivity index (χ2v) is 9.58. The topological polar surface area (TPSA) is 81.3 Å². The molecule has 1 atom stereocenters. The fourth-order valence-corrected chi connectivity index (χ4v) is 5.16. The van der Waals surface area contributed by atoms with Gasteiger partial charge in [-0.25, -0.2) is 0 Å². The summed E-state index contributed by atoms with van der Waals surface area (Å²) >= 11 is 0. The van der Waals surface area contributed by atoms with Gasteiger partial charge in [0.1, 0.15) is 0 Å². The zero-order valence-corrected chi connectivity index (χ0v) is 21.0. The maximum absolute atomic E-state index is 13.4. The lowest BCUT2D eigenvalue weighted by Gasteiger charge is -2.32. The summed E-state index contributed by atoms with van der Waals surface area (Å²) in [6, 6.07) is 22.3. The number of hydrogen-bond acceptors (Lipinski definition) is 4. The van der Waals surface area contributed by atoms with Gasteiger partial charge >= 0.3 is 0 Å². The molecule has 2 aromatic carbocycles. The first-order valence-electron chi connectivity index (χ1n) is 12.9. The molecule has 37 heavy (non-hydrogen) atoms. The lowest BCUT2D eigenvalue weighted by atomic mass is 10.00. The Morgan fingerprint density at radius 1 is 0.946 bits per heavy atom. The van der Waals surface area contributed by atoms with E-state index in [2.05, 4.69) is 32.3 Å². The molecule has 3 heterocycles. The van der Waals surface area contributed by atoms with Crippen LogP contribution < -0.4 is 5.32 Å². The van der Waals surface area contributed by atoms with E-state index in [0.29, 0.717) is 39.0 Å². The third kappa shape index (κ3) is 6.24. The van der Waals surface area contributed by atoms with E-state index in [4.69, 9.17) is 0 Å². The SMILES string of the molecule is O=C1CC(c2ccccc2)N(Cc2ccncc2)CCCN(C(=O)Cc2c[nH]c3ccccc23)CCN1. The van der Waals surface area contributed by atoms with Crippen LogP contribution in [0.2, 0.25) is 0 Å². The molecule has 1 fully saturated rings. The van der Waals surface area contributed by atoms with Crippen LogP contribution >= 0.6 is 0 Å². The van der Waals surface area contributed by atoms with E-state index in [1.54, 1.807) is 12.4 Å². The number of aromatic nitrogens is 2. The van der Waals surface area contributed by atoms with Gasteiger partial charge in [0.2, 0.25) is 11.8 Å². The number of nitrogens with one attached hydrogen (secondary N) is 2. The van der Waals surface area contributed by atoms with Crippen LogP contribution in [0.25, 0.3) is 10.9 Å². The number of carbonyl (C=O) groups is 2. The Bertz CT molecular complexity index is 1320. The maximum Gasteiger partial charge on any atom is 0.227 e. The van der Waals surface area contributed by atoms with E-state index in [9.17, 15) is 9.59 Å². The average Bonchev–Trinajstić information content (AvgIpc) is 3.32. The molecule has 0 saturated carbocycles. The molecular formula is C30H33N5O2. The Kier molecular flexibility index (Phi) is 7.91. The predicted octanol–water partition coefficient (Wildman–Crippen LogP) is 4.09. The molecule has 2 N–H and O–H groups in total. The van der Waals surface area contributed by atoms with Gasteiger partial charge in [-0.1, -0.05) is 48.5 Å². The molecule has 0 aliphatic carbocycles. The minimum Gasteiger partial charge on any atom is -0.361 e. The van der Waals surface area contributed by atoms with Crippen molar-refractivity contribution in [1.29, 1.82) is 0 Å². The van der Waals surface area contributed by atoms with Crippen LogP contribution in [-0.4, -0.2) is 57.8 Å². The zero-order chi connectivity index (χ0) is 25.5. The van der Waals surface area contributed by atoms with Crippen LogP contribution in [-0.2, 0) is 22.6 Å². The number of amides is 2. The van der Waals surface area contributed by atoms with Crippen molar-refractivity contribution in [3.8, 4) is 0 Å². The van der Waals surface area contributed by atoms with Crippen molar-refractivity contribution < 1.29 is 9.59 Å². The van der Waals surface area contributed by atoms with Gasteiger partial charge in [0.25, 0.3) is 0 Å². The molecule has 0 radical (unpaired) electrons. The van der Waals surface area contributed by atoms with Gasteiger partial charge in [0, 0.05) is 74.7 Å². The Morgan fingerprint density at radius 2 is 1.73 bits per heavy atom. The van der Waals surface area contributed by atoms with Crippen LogP contribution in [0.1, 0.15) is 35.6 Å². The van der Waals surface area contributed by atoms with Crippen molar-refractivity contribution in [3.63, 3.8) is 0 Å². The minimum atomic E-state index is -0.0529. The fraction of sp³-hybridized carbons (Fsp3) is 0.300. The van der Waals surface area contributed by atoms with E-state index in [0.717, 1.165) is 40.6 Å². The summed E-state index contributed by atoms with van der Waals surface area (Å²) in [5.41, 5.74) is 4.31. The van der Waals surface area contributed by atoms with Crippen LogP contribution in [0.5, 0.6) is 0 Å². The van der Waals surface area contributed by atoms with Crippen LogP contribution in [0, 0.1) is 0 Å². The highest BCUT2D eigenvalue weighted by atomic mass is 16.2. The molecule has 7 nitrogen and oxygen atoms in total. The second-order valence-electron chi connectivity index (χ2n) is 9.58. The van der Waals surface area contributed by atoms with Gasteiger partial charge in [-0.15, -0.1) is 0 Å². The van der Waals surface area contributed by atoms with Gasteiger partial charge in [0.05, 0.1) is 6.42 Å². The normalized spacial score (nSPS) is 17.8. The highest BCUT2D eigenvalue weighted by Gasteiger charge is 2.25. The maximum atomic E-state index is 13.4. The lowest BCUT2D eigenvalue weighted by Crippen LogP contribution is -2.39. The first kappa shape index (κ1) is 24.7. The highest BCUT2D eigenvalue weighted by Crippen LogP contribution is 2.27. The quantitative estimate of drug-likeness (QED) is 0.437. The number of benzene rings is 2. The first-order valence-corrected chi connectivity index (χ1v) is 12.9. The van der Waals surface area contributed by atoms with Crippen molar-refractivity contribution in [3.05, 3.63) is 102 Å². The van der Waals surface area contributed by atoms with E-state index < -0.39 is 0 Å². The number of hydrogen-bond donors (Lipinski definition) is 2. The summed E-state index contributed by atoms with van der Waals surface area (Å²) in [7, 11) is 0. The number of fused-ring (bicyclic) bond motifs is 1. The Morgan fingerprint density at radius 3 is 2.57 bits per heavy atom. The summed E-state index contributed by atoms with van der Waals surface area (Å²) in [6.45, 7) is 3.08. The minimum absolute atomic E-state index is 0.000455. The predicted molar refractivity (Wildman–Crippen MR) is 145 cm³/mol. The lowest BCUT2D eigenvalue weighted by molar-refractivity contribution is -0.131. The first-order chi connectivity index (χ1) is 18.2. The smallest absolute Gasteiger partial charge is 0.227 e. The van der Waals surface area contributed by atoms with Crippen molar-refractivity contribution in [2.45, 2.75) is 31.8 Å². The number of pyridine rings is 1. The van der Waals surface area contributed by atoms with Crippen LogP contribution in [0.3, 0.4) is 0 Å². The molecule has 2 aromatic heterocycles. The van der Waals surface area contributed by atoms with Crippen molar-refractivity contribution in [2.24, 2.45) is 0 Å². The molecule has 4 aromatic rings.